The van der Waals surface area contributed by atoms with Crippen LogP contribution in [0.25, 0.3) is 0 Å². The first kappa shape index (κ1) is 18.2. The molecule has 0 aliphatic carbocycles. The molecule has 3 fully saturated rings. The van der Waals surface area contributed by atoms with Gasteiger partial charge in [0.1, 0.15) is 10.6 Å². The quantitative estimate of drug-likeness (QED) is 0.785. The lowest BCUT2D eigenvalue weighted by Crippen LogP contribution is -2.74. The van der Waals surface area contributed by atoms with Crippen LogP contribution in [0.5, 0.6) is 0 Å². The summed E-state index contributed by atoms with van der Waals surface area (Å²) >= 11 is 0. The van der Waals surface area contributed by atoms with Crippen molar-refractivity contribution < 1.29 is 21.9 Å². The minimum Gasteiger partial charge on any atom is -0.380 e. The highest BCUT2D eigenvalue weighted by Gasteiger charge is 2.56. The summed E-state index contributed by atoms with van der Waals surface area (Å²) in [6.07, 6.45) is 1.04. The summed E-state index contributed by atoms with van der Waals surface area (Å²) in [5.41, 5.74) is -0.265. The normalized spacial score (nSPS) is 26.7. The van der Waals surface area contributed by atoms with E-state index in [1.165, 1.54) is 17.3 Å². The lowest BCUT2D eigenvalue weighted by molar-refractivity contribution is -0.100. The second-order valence-corrected chi connectivity index (χ2v) is 9.77. The van der Waals surface area contributed by atoms with E-state index in [9.17, 15) is 17.2 Å². The van der Waals surface area contributed by atoms with Gasteiger partial charge in [-0.15, -0.1) is 0 Å². The average Bonchev–Trinajstić information content (AvgIpc) is 2.96. The van der Waals surface area contributed by atoms with Crippen LogP contribution < -0.4 is 0 Å². The van der Waals surface area contributed by atoms with Crippen molar-refractivity contribution >= 4 is 10.0 Å². The fourth-order valence-corrected chi connectivity index (χ4v) is 5.98. The molecule has 1 atom stereocenters. The van der Waals surface area contributed by atoms with E-state index in [0.717, 1.165) is 45.7 Å². The molecule has 0 N–H and O–H groups in total. The van der Waals surface area contributed by atoms with Crippen molar-refractivity contribution in [1.29, 1.82) is 0 Å². The predicted octanol–water partition coefficient (Wildman–Crippen LogP) is 1.60. The number of ether oxygens (including phenoxy) is 1. The molecule has 1 aromatic rings. The Morgan fingerprint density at radius 1 is 1.27 bits per heavy atom. The Labute approximate surface area is 152 Å². The van der Waals surface area contributed by atoms with Crippen LogP contribution in [0.1, 0.15) is 24.7 Å². The zero-order chi connectivity index (χ0) is 18.7. The molecule has 4 heterocycles. The summed E-state index contributed by atoms with van der Waals surface area (Å²) in [5.74, 6) is -3.09. The van der Waals surface area contributed by atoms with Crippen molar-refractivity contribution in [2.24, 2.45) is 5.41 Å². The van der Waals surface area contributed by atoms with Gasteiger partial charge in [0.15, 0.2) is 0 Å². The summed E-state index contributed by atoms with van der Waals surface area (Å²) in [7, 11) is -3.70. The molecule has 4 rings (SSSR count). The number of hydrogen-bond acceptors (Lipinski definition) is 5. The summed E-state index contributed by atoms with van der Waals surface area (Å²) < 4.78 is 59.3. The molecule has 0 saturated carbocycles. The minimum absolute atomic E-state index is 0.0146. The van der Waals surface area contributed by atoms with Gasteiger partial charge in [0.05, 0.1) is 12.3 Å². The van der Waals surface area contributed by atoms with E-state index < -0.39 is 21.6 Å². The number of likely N-dealkylation sites (tertiary alicyclic amines) is 1. The fraction of sp³-hybridized carbons (Fsp3) is 0.706. The third-order valence-electron chi connectivity index (χ3n) is 5.63. The van der Waals surface area contributed by atoms with Crippen LogP contribution in [0.2, 0.25) is 0 Å². The summed E-state index contributed by atoms with van der Waals surface area (Å²) in [6, 6.07) is 2.81. The van der Waals surface area contributed by atoms with Gasteiger partial charge >= 0.3 is 0 Å². The number of hydrogen-bond donors (Lipinski definition) is 0. The van der Waals surface area contributed by atoms with Crippen molar-refractivity contribution in [3.63, 3.8) is 0 Å². The Balaban J connectivity index is 1.43. The van der Waals surface area contributed by atoms with Crippen molar-refractivity contribution in [3.05, 3.63) is 23.5 Å². The molecule has 0 radical (unpaired) electrons. The molecule has 144 valence electrons. The zero-order valence-electron chi connectivity index (χ0n) is 14.9. The van der Waals surface area contributed by atoms with Gasteiger partial charge < -0.3 is 4.74 Å². The Morgan fingerprint density at radius 2 is 1.96 bits per heavy atom. The number of alkyl halides is 2. The topological polar surface area (TPSA) is 62.7 Å². The number of halogens is 2. The van der Waals surface area contributed by atoms with Crippen LogP contribution in [0.4, 0.5) is 8.78 Å². The van der Waals surface area contributed by atoms with Crippen LogP contribution in [-0.4, -0.2) is 68.0 Å². The molecular formula is C17H23F2N3O3S. The average molecular weight is 387 g/mol. The molecule has 0 aromatic carbocycles. The molecule has 0 bridgehead atoms. The van der Waals surface area contributed by atoms with E-state index >= 15 is 0 Å². The van der Waals surface area contributed by atoms with Crippen LogP contribution in [0.3, 0.4) is 0 Å². The smallest absolute Gasteiger partial charge is 0.286 e. The Kier molecular flexibility index (Phi) is 4.15. The molecule has 26 heavy (non-hydrogen) atoms. The first-order chi connectivity index (χ1) is 12.1. The third-order valence-corrected chi connectivity index (χ3v) is 7.55. The summed E-state index contributed by atoms with van der Waals surface area (Å²) in [4.78, 5) is 6.19. The number of nitrogens with zero attached hydrogens (tertiary/aromatic N) is 3. The van der Waals surface area contributed by atoms with Crippen LogP contribution in [0.15, 0.2) is 17.0 Å². The molecule has 1 spiro atoms. The Hall–Kier alpha value is -1.16. The highest BCUT2D eigenvalue weighted by atomic mass is 32.2. The van der Waals surface area contributed by atoms with Gasteiger partial charge in [-0.25, -0.2) is 8.42 Å². The van der Waals surface area contributed by atoms with E-state index in [4.69, 9.17) is 4.74 Å². The van der Waals surface area contributed by atoms with Gasteiger partial charge in [0.2, 0.25) is 10.0 Å². The molecule has 1 unspecified atom stereocenters. The molecule has 0 amide bonds. The maximum atomic E-state index is 13.4. The van der Waals surface area contributed by atoms with Gasteiger partial charge in [-0.1, -0.05) is 0 Å². The first-order valence-corrected chi connectivity index (χ1v) is 10.2. The third kappa shape index (κ3) is 2.94. The molecule has 3 aliphatic heterocycles. The van der Waals surface area contributed by atoms with Gasteiger partial charge in [-0.05, 0) is 25.5 Å². The minimum atomic E-state index is -3.70. The maximum Gasteiger partial charge on any atom is 0.286 e. The summed E-state index contributed by atoms with van der Waals surface area (Å²) in [6.45, 7) is 6.51. The second kappa shape index (κ2) is 5.92. The fourth-order valence-electron chi connectivity index (χ4n) is 4.16. The van der Waals surface area contributed by atoms with E-state index in [1.54, 1.807) is 0 Å². The number of pyridine rings is 1. The van der Waals surface area contributed by atoms with Gasteiger partial charge in [-0.2, -0.15) is 13.1 Å². The first-order valence-electron chi connectivity index (χ1n) is 8.79. The molecule has 3 saturated heterocycles. The van der Waals surface area contributed by atoms with Gasteiger partial charge in [-0.3, -0.25) is 9.88 Å². The van der Waals surface area contributed by atoms with Gasteiger partial charge in [0.25, 0.3) is 5.92 Å². The predicted molar refractivity (Wildman–Crippen MR) is 90.5 cm³/mol. The van der Waals surface area contributed by atoms with Crippen molar-refractivity contribution in [2.75, 3.05) is 39.4 Å². The maximum absolute atomic E-state index is 13.4. The second-order valence-electron chi connectivity index (χ2n) is 7.86. The van der Waals surface area contributed by atoms with Crippen molar-refractivity contribution in [3.8, 4) is 0 Å². The highest BCUT2D eigenvalue weighted by Crippen LogP contribution is 2.44. The molecule has 6 nitrogen and oxygen atoms in total. The monoisotopic (exact) mass is 387 g/mol. The van der Waals surface area contributed by atoms with Crippen LogP contribution in [0, 0.1) is 12.3 Å². The highest BCUT2D eigenvalue weighted by molar-refractivity contribution is 7.89. The van der Waals surface area contributed by atoms with E-state index in [2.05, 4.69) is 9.88 Å². The molecule has 9 heteroatoms. The van der Waals surface area contributed by atoms with Gasteiger partial charge in [0, 0.05) is 51.2 Å². The zero-order valence-corrected chi connectivity index (χ0v) is 15.7. The van der Waals surface area contributed by atoms with Crippen molar-refractivity contribution in [1.82, 2.24) is 14.2 Å². The van der Waals surface area contributed by atoms with E-state index in [-0.39, 0.29) is 16.0 Å². The number of rotatable bonds is 4. The lowest BCUT2D eigenvalue weighted by atomic mass is 9.73. The van der Waals surface area contributed by atoms with Crippen molar-refractivity contribution in [2.45, 2.75) is 37.1 Å². The van der Waals surface area contributed by atoms with E-state index in [0.29, 0.717) is 19.1 Å². The lowest BCUT2D eigenvalue weighted by Gasteiger charge is -2.60. The molecule has 1 aromatic heterocycles. The van der Waals surface area contributed by atoms with Crippen LogP contribution >= 0.6 is 0 Å². The number of sulfonamides is 1. The summed E-state index contributed by atoms with van der Waals surface area (Å²) in [5, 5.41) is 0. The largest absolute Gasteiger partial charge is 0.380 e. The molecular weight excluding hydrogens is 364 g/mol. The Bertz CT molecular complexity index is 805. The SMILES string of the molecule is Cc1nc(C(C)(F)F)ccc1S(=O)(=O)N1CC2(CN(C3CCOC3)C2)C1. The van der Waals surface area contributed by atoms with E-state index in [1.807, 2.05) is 0 Å². The number of aromatic nitrogens is 1. The standard InChI is InChI=1S/C17H23F2N3O3S/c1-12-14(3-4-15(20-12)16(2,18)19)26(23,24)22-10-17(11-22)8-21(9-17)13-5-6-25-7-13/h3-4,13H,5-11H2,1-2H3. The Morgan fingerprint density at radius 3 is 2.50 bits per heavy atom. The molecule has 3 aliphatic rings. The number of aryl methyl sites for hydroxylation is 1. The van der Waals surface area contributed by atoms with Crippen LogP contribution in [-0.2, 0) is 20.7 Å².